The highest BCUT2D eigenvalue weighted by atomic mass is 79.9. The first-order valence-electron chi connectivity index (χ1n) is 7.29. The van der Waals surface area contributed by atoms with Crippen molar-refractivity contribution in [1.82, 2.24) is 0 Å². The second-order valence-electron chi connectivity index (χ2n) is 5.68. The Morgan fingerprint density at radius 2 is 1.90 bits per heavy atom. The fourth-order valence-corrected chi connectivity index (χ4v) is 3.31. The molecule has 1 nitrogen and oxygen atoms in total. The van der Waals surface area contributed by atoms with Crippen molar-refractivity contribution in [2.75, 3.05) is 18.0 Å². The summed E-state index contributed by atoms with van der Waals surface area (Å²) in [5.74, 6) is 0.650. The summed E-state index contributed by atoms with van der Waals surface area (Å²) in [5.41, 5.74) is 4.17. The highest BCUT2D eigenvalue weighted by Crippen LogP contribution is 2.30. The molecule has 2 aromatic carbocycles. The Balaban J connectivity index is 1.78. The highest BCUT2D eigenvalue weighted by molar-refractivity contribution is 9.10. The largest absolute Gasteiger partial charge is 0.371 e. The molecular formula is C18H20BrN. The molecule has 1 aliphatic heterocycles. The van der Waals surface area contributed by atoms with Gasteiger partial charge in [0, 0.05) is 29.2 Å². The van der Waals surface area contributed by atoms with Crippen molar-refractivity contribution in [1.29, 1.82) is 0 Å². The monoisotopic (exact) mass is 329 g/mol. The van der Waals surface area contributed by atoms with Gasteiger partial charge in [0.2, 0.25) is 0 Å². The number of benzene rings is 2. The molecule has 104 valence electrons. The Bertz CT molecular complexity index is 576. The lowest BCUT2D eigenvalue weighted by molar-refractivity contribution is 0.510. The summed E-state index contributed by atoms with van der Waals surface area (Å²) < 4.78 is 1.16. The molecule has 0 saturated carbocycles. The van der Waals surface area contributed by atoms with E-state index in [0.717, 1.165) is 11.0 Å². The summed E-state index contributed by atoms with van der Waals surface area (Å²) in [4.78, 5) is 2.53. The number of hydrogen-bond acceptors (Lipinski definition) is 1. The molecule has 1 heterocycles. The Labute approximate surface area is 129 Å². The van der Waals surface area contributed by atoms with Gasteiger partial charge in [0.05, 0.1) is 0 Å². The second-order valence-corrected chi connectivity index (χ2v) is 6.59. The van der Waals surface area contributed by atoms with E-state index in [9.17, 15) is 0 Å². The van der Waals surface area contributed by atoms with Crippen molar-refractivity contribution in [2.45, 2.75) is 25.7 Å². The third-order valence-electron chi connectivity index (χ3n) is 4.13. The number of piperidine rings is 1. The fourth-order valence-electron chi connectivity index (χ4n) is 3.04. The predicted octanol–water partition coefficient (Wildman–Crippen LogP) is 5.14. The van der Waals surface area contributed by atoms with Crippen LogP contribution in [0.2, 0.25) is 0 Å². The van der Waals surface area contributed by atoms with Crippen LogP contribution < -0.4 is 4.90 Å². The standard InChI is InChI=1S/C18H20BrN/c1-14-4-2-6-18(12-14)20-11-3-5-16(13-20)15-7-9-17(19)10-8-15/h2,4,6-10,12,16H,3,5,11,13H2,1H3. The number of rotatable bonds is 2. The molecule has 1 atom stereocenters. The quantitative estimate of drug-likeness (QED) is 0.737. The summed E-state index contributed by atoms with van der Waals surface area (Å²) in [6.45, 7) is 4.47. The van der Waals surface area contributed by atoms with E-state index in [-0.39, 0.29) is 0 Å². The minimum Gasteiger partial charge on any atom is -0.371 e. The first kappa shape index (κ1) is 13.7. The zero-order valence-electron chi connectivity index (χ0n) is 11.8. The summed E-state index contributed by atoms with van der Waals surface area (Å²) in [5, 5.41) is 0. The predicted molar refractivity (Wildman–Crippen MR) is 89.5 cm³/mol. The average Bonchev–Trinajstić information content (AvgIpc) is 2.48. The minimum absolute atomic E-state index is 0.650. The summed E-state index contributed by atoms with van der Waals surface area (Å²) in [7, 11) is 0. The van der Waals surface area contributed by atoms with Gasteiger partial charge < -0.3 is 4.90 Å². The normalized spacial score (nSPS) is 19.1. The smallest absolute Gasteiger partial charge is 0.0369 e. The van der Waals surface area contributed by atoms with Gasteiger partial charge in [-0.2, -0.15) is 0 Å². The molecule has 1 unspecified atom stereocenters. The second kappa shape index (κ2) is 6.01. The molecule has 2 aromatic rings. The van der Waals surface area contributed by atoms with Gasteiger partial charge in [-0.1, -0.05) is 40.2 Å². The zero-order valence-corrected chi connectivity index (χ0v) is 13.4. The molecule has 1 aliphatic rings. The van der Waals surface area contributed by atoms with E-state index >= 15 is 0 Å². The molecule has 0 bridgehead atoms. The van der Waals surface area contributed by atoms with E-state index < -0.39 is 0 Å². The number of halogens is 1. The molecule has 0 aromatic heterocycles. The van der Waals surface area contributed by atoms with Crippen molar-refractivity contribution in [2.24, 2.45) is 0 Å². The van der Waals surface area contributed by atoms with E-state index in [1.807, 2.05) is 0 Å². The zero-order chi connectivity index (χ0) is 13.9. The van der Waals surface area contributed by atoms with Gasteiger partial charge in [0.1, 0.15) is 0 Å². The molecule has 20 heavy (non-hydrogen) atoms. The minimum atomic E-state index is 0.650. The average molecular weight is 330 g/mol. The Kier molecular flexibility index (Phi) is 4.11. The molecule has 0 spiro atoms. The molecule has 0 radical (unpaired) electrons. The van der Waals surface area contributed by atoms with Crippen LogP contribution in [-0.4, -0.2) is 13.1 Å². The van der Waals surface area contributed by atoms with E-state index in [1.165, 1.54) is 36.2 Å². The van der Waals surface area contributed by atoms with Crippen molar-refractivity contribution in [3.8, 4) is 0 Å². The van der Waals surface area contributed by atoms with Crippen LogP contribution in [0.25, 0.3) is 0 Å². The van der Waals surface area contributed by atoms with Gasteiger partial charge in [-0.25, -0.2) is 0 Å². The van der Waals surface area contributed by atoms with Crippen LogP contribution >= 0.6 is 15.9 Å². The van der Waals surface area contributed by atoms with Crippen molar-refractivity contribution in [3.63, 3.8) is 0 Å². The highest BCUT2D eigenvalue weighted by Gasteiger charge is 2.21. The van der Waals surface area contributed by atoms with Crippen LogP contribution in [0.1, 0.15) is 29.9 Å². The Hall–Kier alpha value is -1.28. The van der Waals surface area contributed by atoms with Gasteiger partial charge in [0.15, 0.2) is 0 Å². The summed E-state index contributed by atoms with van der Waals surface area (Å²) in [6.07, 6.45) is 2.57. The molecule has 0 amide bonds. The van der Waals surface area contributed by atoms with Crippen molar-refractivity contribution in [3.05, 3.63) is 64.1 Å². The van der Waals surface area contributed by atoms with Crippen LogP contribution in [0.15, 0.2) is 53.0 Å². The number of nitrogens with zero attached hydrogens (tertiary/aromatic N) is 1. The molecular weight excluding hydrogens is 310 g/mol. The van der Waals surface area contributed by atoms with Gasteiger partial charge in [0.25, 0.3) is 0 Å². The molecule has 1 saturated heterocycles. The van der Waals surface area contributed by atoms with Crippen molar-refractivity contribution < 1.29 is 0 Å². The maximum Gasteiger partial charge on any atom is 0.0369 e. The topological polar surface area (TPSA) is 3.24 Å². The molecule has 2 heteroatoms. The SMILES string of the molecule is Cc1cccc(N2CCCC(c3ccc(Br)cc3)C2)c1. The summed E-state index contributed by atoms with van der Waals surface area (Å²) in [6, 6.07) is 17.7. The Morgan fingerprint density at radius 3 is 2.65 bits per heavy atom. The maximum absolute atomic E-state index is 3.52. The lowest BCUT2D eigenvalue weighted by Crippen LogP contribution is -2.34. The molecule has 0 aliphatic carbocycles. The Morgan fingerprint density at radius 1 is 1.10 bits per heavy atom. The fraction of sp³-hybridized carbons (Fsp3) is 0.333. The van der Waals surface area contributed by atoms with E-state index in [2.05, 4.69) is 76.3 Å². The maximum atomic E-state index is 3.52. The molecule has 1 fully saturated rings. The molecule has 3 rings (SSSR count). The summed E-state index contributed by atoms with van der Waals surface area (Å²) >= 11 is 3.52. The van der Waals surface area contributed by atoms with Crippen LogP contribution in [0.4, 0.5) is 5.69 Å². The van der Waals surface area contributed by atoms with Crippen LogP contribution in [0, 0.1) is 6.92 Å². The van der Waals surface area contributed by atoms with E-state index in [4.69, 9.17) is 0 Å². The third-order valence-corrected chi connectivity index (χ3v) is 4.66. The van der Waals surface area contributed by atoms with E-state index in [1.54, 1.807) is 0 Å². The van der Waals surface area contributed by atoms with Gasteiger partial charge in [-0.05, 0) is 55.2 Å². The van der Waals surface area contributed by atoms with Gasteiger partial charge in [-0.15, -0.1) is 0 Å². The van der Waals surface area contributed by atoms with Crippen molar-refractivity contribution >= 4 is 21.6 Å². The lowest BCUT2D eigenvalue weighted by Gasteiger charge is -2.35. The van der Waals surface area contributed by atoms with Gasteiger partial charge in [-0.3, -0.25) is 0 Å². The molecule has 0 N–H and O–H groups in total. The number of aryl methyl sites for hydroxylation is 1. The van der Waals surface area contributed by atoms with Crippen LogP contribution in [0.3, 0.4) is 0 Å². The first-order chi connectivity index (χ1) is 9.72. The van der Waals surface area contributed by atoms with E-state index in [0.29, 0.717) is 5.92 Å². The number of anilines is 1. The third kappa shape index (κ3) is 3.06. The van der Waals surface area contributed by atoms with Crippen LogP contribution in [0.5, 0.6) is 0 Å². The lowest BCUT2D eigenvalue weighted by atomic mass is 9.90. The van der Waals surface area contributed by atoms with Crippen LogP contribution in [-0.2, 0) is 0 Å². The first-order valence-corrected chi connectivity index (χ1v) is 8.09. The van der Waals surface area contributed by atoms with Gasteiger partial charge >= 0.3 is 0 Å². The number of hydrogen-bond donors (Lipinski definition) is 0.